The van der Waals surface area contributed by atoms with Gasteiger partial charge in [0.25, 0.3) is 0 Å². The number of halogens is 4. The molecular formula is C20H12Cl4O3. The summed E-state index contributed by atoms with van der Waals surface area (Å²) in [5, 5.41) is 1.39. The first kappa shape index (κ1) is 19.8. The van der Waals surface area contributed by atoms with Crippen LogP contribution in [0.5, 0.6) is 11.5 Å². The molecule has 3 rings (SSSR count). The quantitative estimate of drug-likeness (QED) is 0.306. The minimum absolute atomic E-state index is 0.249. The minimum atomic E-state index is -1.32. The third-order valence-electron chi connectivity index (χ3n) is 3.53. The molecule has 0 unspecified atom stereocenters. The van der Waals surface area contributed by atoms with Gasteiger partial charge in [-0.05, 0) is 36.4 Å². The van der Waals surface area contributed by atoms with Crippen molar-refractivity contribution < 1.29 is 14.3 Å². The van der Waals surface area contributed by atoms with E-state index in [0.29, 0.717) is 15.6 Å². The van der Waals surface area contributed by atoms with Crippen LogP contribution in [-0.4, -0.2) is 12.1 Å². The van der Waals surface area contributed by atoms with E-state index in [2.05, 4.69) is 0 Å². The van der Waals surface area contributed by atoms with Crippen LogP contribution in [-0.2, 0) is 0 Å². The molecule has 0 radical (unpaired) electrons. The van der Waals surface area contributed by atoms with Gasteiger partial charge in [-0.15, -0.1) is 0 Å². The van der Waals surface area contributed by atoms with E-state index in [1.807, 2.05) is 0 Å². The molecule has 3 aromatic rings. The van der Waals surface area contributed by atoms with Crippen molar-refractivity contribution >= 4 is 52.2 Å². The molecule has 0 spiro atoms. The lowest BCUT2D eigenvalue weighted by atomic mass is 10.1. The van der Waals surface area contributed by atoms with Gasteiger partial charge in [-0.25, -0.2) is 0 Å². The molecule has 0 saturated heterocycles. The Labute approximate surface area is 176 Å². The van der Waals surface area contributed by atoms with Gasteiger partial charge in [-0.1, -0.05) is 76.7 Å². The van der Waals surface area contributed by atoms with Crippen molar-refractivity contribution in [3.05, 3.63) is 92.4 Å². The van der Waals surface area contributed by atoms with Gasteiger partial charge in [0.15, 0.2) is 0 Å². The van der Waals surface area contributed by atoms with E-state index in [0.717, 1.165) is 0 Å². The molecule has 0 atom stereocenters. The van der Waals surface area contributed by atoms with Crippen LogP contribution in [0.3, 0.4) is 0 Å². The molecule has 0 amide bonds. The summed E-state index contributed by atoms with van der Waals surface area (Å²) in [6.45, 7) is 0. The lowest BCUT2D eigenvalue weighted by Gasteiger charge is -2.21. The average Bonchev–Trinajstić information content (AvgIpc) is 2.65. The molecule has 0 aliphatic heterocycles. The van der Waals surface area contributed by atoms with Gasteiger partial charge in [-0.3, -0.25) is 4.79 Å². The van der Waals surface area contributed by atoms with Crippen LogP contribution in [0, 0.1) is 0 Å². The Kier molecular flexibility index (Phi) is 6.51. The normalized spacial score (nSPS) is 10.7. The standard InChI is InChI=1S/C20H12Cl4O3/c21-13-6-8-17(15(23)10-13)26-20(19(25)12-4-2-1-3-5-12)27-18-9-7-14(22)11-16(18)24/h1-11,20H. The van der Waals surface area contributed by atoms with Crippen molar-refractivity contribution in [3.63, 3.8) is 0 Å². The van der Waals surface area contributed by atoms with Gasteiger partial charge >= 0.3 is 6.29 Å². The maximum absolute atomic E-state index is 12.9. The second kappa shape index (κ2) is 8.85. The highest BCUT2D eigenvalue weighted by Crippen LogP contribution is 2.32. The van der Waals surface area contributed by atoms with E-state index in [1.54, 1.807) is 54.6 Å². The third kappa shape index (κ3) is 5.08. The summed E-state index contributed by atoms with van der Waals surface area (Å²) in [7, 11) is 0. The predicted octanol–water partition coefficient (Wildman–Crippen LogP) is 6.97. The Balaban J connectivity index is 1.94. The Bertz CT molecular complexity index is 907. The molecule has 0 saturated carbocycles. The molecule has 7 heteroatoms. The molecule has 3 nitrogen and oxygen atoms in total. The number of carbonyl (C=O) groups excluding carboxylic acids is 1. The van der Waals surface area contributed by atoms with Crippen LogP contribution in [0.25, 0.3) is 0 Å². The summed E-state index contributed by atoms with van der Waals surface area (Å²) in [6.07, 6.45) is -1.32. The fourth-order valence-electron chi connectivity index (χ4n) is 2.24. The van der Waals surface area contributed by atoms with Gasteiger partial charge in [0.05, 0.1) is 10.0 Å². The van der Waals surface area contributed by atoms with Crippen molar-refractivity contribution in [1.82, 2.24) is 0 Å². The number of ketones is 1. The van der Waals surface area contributed by atoms with Crippen LogP contribution in [0.1, 0.15) is 10.4 Å². The highest BCUT2D eigenvalue weighted by molar-refractivity contribution is 6.36. The smallest absolute Gasteiger partial charge is 0.305 e. The fraction of sp³-hybridized carbons (Fsp3) is 0.0500. The largest absolute Gasteiger partial charge is 0.446 e. The van der Waals surface area contributed by atoms with Gasteiger partial charge in [0, 0.05) is 15.6 Å². The van der Waals surface area contributed by atoms with Crippen LogP contribution in [0.4, 0.5) is 0 Å². The summed E-state index contributed by atoms with van der Waals surface area (Å²) in [5.41, 5.74) is 0.415. The second-order valence-electron chi connectivity index (χ2n) is 5.45. The number of benzene rings is 3. The number of ether oxygens (including phenoxy) is 2. The van der Waals surface area contributed by atoms with Crippen molar-refractivity contribution in [1.29, 1.82) is 0 Å². The van der Waals surface area contributed by atoms with Gasteiger partial charge in [0.1, 0.15) is 11.5 Å². The molecule has 0 bridgehead atoms. The molecule has 0 aromatic heterocycles. The van der Waals surface area contributed by atoms with Crippen molar-refractivity contribution in [2.75, 3.05) is 0 Å². The summed E-state index contributed by atoms with van der Waals surface area (Å²) < 4.78 is 11.5. The zero-order valence-corrected chi connectivity index (χ0v) is 16.7. The van der Waals surface area contributed by atoms with E-state index >= 15 is 0 Å². The number of rotatable bonds is 6. The number of carbonyl (C=O) groups is 1. The monoisotopic (exact) mass is 440 g/mol. The molecular weight excluding hydrogens is 430 g/mol. The molecule has 0 fully saturated rings. The van der Waals surface area contributed by atoms with Gasteiger partial charge < -0.3 is 9.47 Å². The molecule has 0 aliphatic rings. The molecule has 0 heterocycles. The lowest BCUT2D eigenvalue weighted by Crippen LogP contribution is -2.33. The first-order valence-electron chi connectivity index (χ1n) is 7.77. The van der Waals surface area contributed by atoms with E-state index in [-0.39, 0.29) is 21.5 Å². The Hall–Kier alpha value is -1.91. The lowest BCUT2D eigenvalue weighted by molar-refractivity contribution is 0.0125. The Morgan fingerprint density at radius 1 is 0.704 bits per heavy atom. The predicted molar refractivity (Wildman–Crippen MR) is 109 cm³/mol. The topological polar surface area (TPSA) is 35.5 Å². The molecule has 27 heavy (non-hydrogen) atoms. The Morgan fingerprint density at radius 3 is 1.63 bits per heavy atom. The summed E-state index contributed by atoms with van der Waals surface area (Å²) in [5.74, 6) is 0.105. The maximum Gasteiger partial charge on any atom is 0.305 e. The third-order valence-corrected chi connectivity index (χ3v) is 4.59. The van der Waals surface area contributed by atoms with Gasteiger partial charge in [0.2, 0.25) is 5.78 Å². The van der Waals surface area contributed by atoms with Crippen LogP contribution < -0.4 is 9.47 Å². The number of Topliss-reactive ketones (excluding diaryl/α,β-unsaturated/α-hetero) is 1. The van der Waals surface area contributed by atoms with Crippen LogP contribution >= 0.6 is 46.4 Å². The number of hydrogen-bond acceptors (Lipinski definition) is 3. The van der Waals surface area contributed by atoms with Crippen molar-refractivity contribution in [3.8, 4) is 11.5 Å². The SMILES string of the molecule is O=C(c1ccccc1)C(Oc1ccc(Cl)cc1Cl)Oc1ccc(Cl)cc1Cl. The highest BCUT2D eigenvalue weighted by Gasteiger charge is 2.26. The zero-order chi connectivity index (χ0) is 19.4. The molecule has 0 aliphatic carbocycles. The van der Waals surface area contributed by atoms with E-state index in [1.165, 1.54) is 12.1 Å². The first-order valence-corrected chi connectivity index (χ1v) is 9.28. The fourth-order valence-corrected chi connectivity index (χ4v) is 3.15. The molecule has 0 N–H and O–H groups in total. The highest BCUT2D eigenvalue weighted by atomic mass is 35.5. The minimum Gasteiger partial charge on any atom is -0.446 e. The van der Waals surface area contributed by atoms with Crippen LogP contribution in [0.15, 0.2) is 66.7 Å². The summed E-state index contributed by atoms with van der Waals surface area (Å²) in [6, 6.07) is 18.0. The van der Waals surface area contributed by atoms with Crippen molar-refractivity contribution in [2.45, 2.75) is 6.29 Å². The second-order valence-corrected chi connectivity index (χ2v) is 7.13. The van der Waals surface area contributed by atoms with Crippen molar-refractivity contribution in [2.24, 2.45) is 0 Å². The Morgan fingerprint density at radius 2 is 1.19 bits per heavy atom. The first-order chi connectivity index (χ1) is 12.9. The molecule has 3 aromatic carbocycles. The zero-order valence-electron chi connectivity index (χ0n) is 13.7. The number of hydrogen-bond donors (Lipinski definition) is 0. The van der Waals surface area contributed by atoms with E-state index < -0.39 is 12.1 Å². The van der Waals surface area contributed by atoms with E-state index in [9.17, 15) is 4.79 Å². The van der Waals surface area contributed by atoms with E-state index in [4.69, 9.17) is 55.9 Å². The van der Waals surface area contributed by atoms with Gasteiger partial charge in [-0.2, -0.15) is 0 Å². The van der Waals surface area contributed by atoms with Crippen LogP contribution in [0.2, 0.25) is 20.1 Å². The molecule has 138 valence electrons. The average molecular weight is 442 g/mol. The maximum atomic E-state index is 12.9. The summed E-state index contributed by atoms with van der Waals surface area (Å²) >= 11 is 24.1. The summed E-state index contributed by atoms with van der Waals surface area (Å²) in [4.78, 5) is 12.9.